The standard InChI is InChI=1S/C14H16BrF3N2O/c1-2-20(10-5-6-19-8-10)13(21)9-3-4-12(15)11(7-9)14(16,17)18/h3-4,7,10,19H,2,5-6,8H2,1H3. The number of benzene rings is 1. The van der Waals surface area contributed by atoms with Gasteiger partial charge in [0.15, 0.2) is 0 Å². The number of nitrogens with one attached hydrogen (secondary N) is 1. The van der Waals surface area contributed by atoms with Crippen molar-refractivity contribution in [1.29, 1.82) is 0 Å². The van der Waals surface area contributed by atoms with E-state index in [-0.39, 0.29) is 22.0 Å². The van der Waals surface area contributed by atoms with Crippen LogP contribution in [0.4, 0.5) is 13.2 Å². The molecule has 7 heteroatoms. The van der Waals surface area contributed by atoms with E-state index >= 15 is 0 Å². The Morgan fingerprint density at radius 3 is 2.71 bits per heavy atom. The summed E-state index contributed by atoms with van der Waals surface area (Å²) in [7, 11) is 0. The highest BCUT2D eigenvalue weighted by atomic mass is 79.9. The largest absolute Gasteiger partial charge is 0.417 e. The molecule has 1 aromatic carbocycles. The lowest BCUT2D eigenvalue weighted by Gasteiger charge is -2.27. The molecule has 1 aliphatic heterocycles. The van der Waals surface area contributed by atoms with Crippen LogP contribution in [0.2, 0.25) is 0 Å². The first-order valence-electron chi connectivity index (χ1n) is 6.73. The van der Waals surface area contributed by atoms with Crippen molar-refractivity contribution in [3.63, 3.8) is 0 Å². The van der Waals surface area contributed by atoms with E-state index in [2.05, 4.69) is 21.2 Å². The molecule has 116 valence electrons. The van der Waals surface area contributed by atoms with E-state index in [0.29, 0.717) is 13.1 Å². The first-order chi connectivity index (χ1) is 9.84. The minimum Gasteiger partial charge on any atom is -0.335 e. The Kier molecular flexibility index (Phi) is 4.93. The highest BCUT2D eigenvalue weighted by Gasteiger charge is 2.34. The average molecular weight is 365 g/mol. The first kappa shape index (κ1) is 16.3. The molecule has 0 aromatic heterocycles. The van der Waals surface area contributed by atoms with Gasteiger partial charge in [0.2, 0.25) is 0 Å². The summed E-state index contributed by atoms with van der Waals surface area (Å²) in [5, 5.41) is 3.16. The van der Waals surface area contributed by atoms with Crippen molar-refractivity contribution in [1.82, 2.24) is 10.2 Å². The van der Waals surface area contributed by atoms with Crippen LogP contribution >= 0.6 is 15.9 Å². The molecule has 1 amide bonds. The third-order valence-electron chi connectivity index (χ3n) is 3.60. The third-order valence-corrected chi connectivity index (χ3v) is 4.29. The molecule has 2 rings (SSSR count). The Balaban J connectivity index is 2.30. The zero-order valence-corrected chi connectivity index (χ0v) is 13.1. The first-order valence-corrected chi connectivity index (χ1v) is 7.52. The van der Waals surface area contributed by atoms with Gasteiger partial charge >= 0.3 is 6.18 Å². The molecule has 1 aromatic rings. The maximum absolute atomic E-state index is 12.9. The van der Waals surface area contributed by atoms with Crippen LogP contribution in [0.25, 0.3) is 0 Å². The van der Waals surface area contributed by atoms with Crippen molar-refractivity contribution in [3.8, 4) is 0 Å². The summed E-state index contributed by atoms with van der Waals surface area (Å²) in [4.78, 5) is 14.1. The van der Waals surface area contributed by atoms with Gasteiger partial charge in [0.1, 0.15) is 0 Å². The molecule has 0 saturated carbocycles. The zero-order chi connectivity index (χ0) is 15.6. The van der Waals surface area contributed by atoms with Gasteiger partial charge in [-0.05, 0) is 38.1 Å². The summed E-state index contributed by atoms with van der Waals surface area (Å²) in [5.41, 5.74) is -0.756. The van der Waals surface area contributed by atoms with Crippen LogP contribution in [-0.4, -0.2) is 36.5 Å². The Morgan fingerprint density at radius 2 is 2.19 bits per heavy atom. The van der Waals surface area contributed by atoms with Crippen LogP contribution in [-0.2, 0) is 6.18 Å². The van der Waals surface area contributed by atoms with Crippen LogP contribution in [0.3, 0.4) is 0 Å². The number of carbonyl (C=O) groups excluding carboxylic acids is 1. The number of halogens is 4. The maximum Gasteiger partial charge on any atom is 0.417 e. The van der Waals surface area contributed by atoms with Crippen molar-refractivity contribution in [2.45, 2.75) is 25.6 Å². The number of likely N-dealkylation sites (N-methyl/N-ethyl adjacent to an activating group) is 1. The fourth-order valence-electron chi connectivity index (χ4n) is 2.51. The van der Waals surface area contributed by atoms with E-state index in [1.54, 1.807) is 4.90 Å². The van der Waals surface area contributed by atoms with E-state index < -0.39 is 11.7 Å². The highest BCUT2D eigenvalue weighted by molar-refractivity contribution is 9.10. The molecule has 1 aliphatic rings. The monoisotopic (exact) mass is 364 g/mol. The summed E-state index contributed by atoms with van der Waals surface area (Å²) in [6.07, 6.45) is -3.66. The van der Waals surface area contributed by atoms with Crippen LogP contribution in [0.15, 0.2) is 22.7 Å². The van der Waals surface area contributed by atoms with E-state index in [1.165, 1.54) is 12.1 Å². The predicted octanol–water partition coefficient (Wildman–Crippen LogP) is 3.29. The Labute approximate surface area is 129 Å². The van der Waals surface area contributed by atoms with Crippen molar-refractivity contribution in [3.05, 3.63) is 33.8 Å². The van der Waals surface area contributed by atoms with E-state index in [9.17, 15) is 18.0 Å². The van der Waals surface area contributed by atoms with Gasteiger partial charge in [-0.25, -0.2) is 0 Å². The second-order valence-electron chi connectivity index (χ2n) is 4.93. The van der Waals surface area contributed by atoms with Gasteiger partial charge in [0.05, 0.1) is 5.56 Å². The zero-order valence-electron chi connectivity index (χ0n) is 11.5. The topological polar surface area (TPSA) is 32.3 Å². The summed E-state index contributed by atoms with van der Waals surface area (Å²) in [6, 6.07) is 3.65. The van der Waals surface area contributed by atoms with Gasteiger partial charge < -0.3 is 10.2 Å². The number of carbonyl (C=O) groups is 1. The van der Waals surface area contributed by atoms with Gasteiger partial charge in [0.25, 0.3) is 5.91 Å². The second-order valence-corrected chi connectivity index (χ2v) is 5.78. The van der Waals surface area contributed by atoms with Crippen molar-refractivity contribution in [2.75, 3.05) is 19.6 Å². The molecule has 1 saturated heterocycles. The van der Waals surface area contributed by atoms with E-state index in [0.717, 1.165) is 19.0 Å². The lowest BCUT2D eigenvalue weighted by Crippen LogP contribution is -2.41. The molecule has 1 N–H and O–H groups in total. The molecule has 1 unspecified atom stereocenters. The van der Waals surface area contributed by atoms with Gasteiger partial charge in [0, 0.05) is 29.2 Å². The quantitative estimate of drug-likeness (QED) is 0.892. The Bertz CT molecular complexity index is 527. The lowest BCUT2D eigenvalue weighted by atomic mass is 10.1. The van der Waals surface area contributed by atoms with Crippen molar-refractivity contribution < 1.29 is 18.0 Å². The van der Waals surface area contributed by atoms with Crippen LogP contribution in [0, 0.1) is 0 Å². The number of nitrogens with zero attached hydrogens (tertiary/aromatic N) is 1. The summed E-state index contributed by atoms with van der Waals surface area (Å²) in [6.45, 7) is 3.81. The lowest BCUT2D eigenvalue weighted by molar-refractivity contribution is -0.138. The molecular formula is C14H16BrF3N2O. The van der Waals surface area contributed by atoms with E-state index in [4.69, 9.17) is 0 Å². The van der Waals surface area contributed by atoms with Crippen LogP contribution < -0.4 is 5.32 Å². The van der Waals surface area contributed by atoms with Gasteiger partial charge in [-0.3, -0.25) is 4.79 Å². The molecule has 21 heavy (non-hydrogen) atoms. The molecule has 0 spiro atoms. The molecule has 0 aliphatic carbocycles. The second kappa shape index (κ2) is 6.36. The summed E-state index contributed by atoms with van der Waals surface area (Å²) < 4.78 is 38.7. The number of hydrogen-bond donors (Lipinski definition) is 1. The molecule has 0 radical (unpaired) electrons. The summed E-state index contributed by atoms with van der Waals surface area (Å²) >= 11 is 2.88. The smallest absolute Gasteiger partial charge is 0.335 e. The highest BCUT2D eigenvalue weighted by Crippen LogP contribution is 2.35. The number of hydrogen-bond acceptors (Lipinski definition) is 2. The van der Waals surface area contributed by atoms with Gasteiger partial charge in [-0.2, -0.15) is 13.2 Å². The molecule has 0 bridgehead atoms. The number of alkyl halides is 3. The fraction of sp³-hybridized carbons (Fsp3) is 0.500. The van der Waals surface area contributed by atoms with E-state index in [1.807, 2.05) is 6.92 Å². The van der Waals surface area contributed by atoms with Gasteiger partial charge in [-0.1, -0.05) is 15.9 Å². The van der Waals surface area contributed by atoms with Crippen molar-refractivity contribution in [2.24, 2.45) is 0 Å². The normalized spacial score (nSPS) is 18.8. The van der Waals surface area contributed by atoms with Gasteiger partial charge in [-0.15, -0.1) is 0 Å². The number of rotatable bonds is 3. The molecule has 1 fully saturated rings. The van der Waals surface area contributed by atoms with Crippen LogP contribution in [0.5, 0.6) is 0 Å². The Morgan fingerprint density at radius 1 is 1.48 bits per heavy atom. The molecule has 1 atom stereocenters. The average Bonchev–Trinajstić information content (AvgIpc) is 2.92. The maximum atomic E-state index is 12.9. The van der Waals surface area contributed by atoms with Crippen LogP contribution in [0.1, 0.15) is 29.3 Å². The minimum absolute atomic E-state index is 0.0421. The predicted molar refractivity (Wildman–Crippen MR) is 77.1 cm³/mol. The minimum atomic E-state index is -4.49. The molecule has 1 heterocycles. The fourth-order valence-corrected chi connectivity index (χ4v) is 2.99. The third kappa shape index (κ3) is 3.58. The number of amides is 1. The molecular weight excluding hydrogens is 349 g/mol. The molecule has 3 nitrogen and oxygen atoms in total. The van der Waals surface area contributed by atoms with Crippen molar-refractivity contribution >= 4 is 21.8 Å². The SMILES string of the molecule is CCN(C(=O)c1ccc(Br)c(C(F)(F)F)c1)C1CCNC1. The Hall–Kier alpha value is -1.08. The summed E-state index contributed by atoms with van der Waals surface area (Å²) in [5.74, 6) is -0.357.